The molecule has 18 heavy (non-hydrogen) atoms. The first-order valence-corrected chi connectivity index (χ1v) is 7.19. The minimum Gasteiger partial charge on any atom is -0.333 e. The molecule has 3 rings (SSSR count). The van der Waals surface area contributed by atoms with E-state index in [9.17, 15) is 5.26 Å². The fourth-order valence-corrected chi connectivity index (χ4v) is 3.73. The molecule has 0 aromatic carbocycles. The molecule has 1 unspecified atom stereocenters. The molecule has 1 aromatic heterocycles. The van der Waals surface area contributed by atoms with E-state index in [1.165, 1.54) is 36.2 Å². The molecule has 92 valence electrons. The number of imidazole rings is 1. The maximum Gasteiger partial charge on any atom is 0.119 e. The minimum absolute atomic E-state index is 0.0181. The summed E-state index contributed by atoms with van der Waals surface area (Å²) in [6, 6.07) is 2.41. The number of rotatable bonds is 2. The largest absolute Gasteiger partial charge is 0.333 e. The summed E-state index contributed by atoms with van der Waals surface area (Å²) in [5.74, 6) is 0. The average Bonchev–Trinajstić information content (AvgIpc) is 3.10. The molecule has 1 aromatic rings. The van der Waals surface area contributed by atoms with E-state index in [0.29, 0.717) is 0 Å². The van der Waals surface area contributed by atoms with Crippen molar-refractivity contribution in [2.45, 2.75) is 37.5 Å². The summed E-state index contributed by atoms with van der Waals surface area (Å²) in [6.07, 6.45) is 12.8. The van der Waals surface area contributed by atoms with Crippen LogP contribution in [-0.4, -0.2) is 14.8 Å². The van der Waals surface area contributed by atoms with Crippen molar-refractivity contribution in [1.82, 2.24) is 9.55 Å². The van der Waals surface area contributed by atoms with E-state index in [1.54, 1.807) is 29.9 Å². The Hall–Kier alpha value is -1.47. The zero-order chi connectivity index (χ0) is 12.4. The summed E-state index contributed by atoms with van der Waals surface area (Å²) >= 11 is 1.73. The van der Waals surface area contributed by atoms with Gasteiger partial charge in [-0.1, -0.05) is 5.57 Å². The molecular formula is C14H15N3S. The van der Waals surface area contributed by atoms with Gasteiger partial charge < -0.3 is 4.57 Å². The van der Waals surface area contributed by atoms with E-state index in [2.05, 4.69) is 17.1 Å². The van der Waals surface area contributed by atoms with E-state index < -0.39 is 0 Å². The molecule has 0 amide bonds. The number of nitriles is 1. The van der Waals surface area contributed by atoms with E-state index in [1.807, 2.05) is 10.8 Å². The fourth-order valence-electron chi connectivity index (χ4n) is 2.54. The minimum atomic E-state index is -0.0181. The number of allylic oxidation sites excluding steroid dienone is 2. The van der Waals surface area contributed by atoms with Crippen LogP contribution in [0, 0.1) is 11.3 Å². The predicted octanol–water partition coefficient (Wildman–Crippen LogP) is 3.28. The number of nitrogens with zero attached hydrogens (tertiary/aromatic N) is 3. The van der Waals surface area contributed by atoms with Crippen LogP contribution in [0.25, 0.3) is 0 Å². The van der Waals surface area contributed by atoms with Gasteiger partial charge in [-0.3, -0.25) is 0 Å². The number of hydrogen-bond acceptors (Lipinski definition) is 3. The third-order valence-corrected chi connectivity index (χ3v) is 4.80. The predicted molar refractivity (Wildman–Crippen MR) is 72.8 cm³/mol. The van der Waals surface area contributed by atoms with Gasteiger partial charge in [-0.15, -0.1) is 11.8 Å². The van der Waals surface area contributed by atoms with Crippen molar-refractivity contribution >= 4 is 11.8 Å². The molecule has 0 bridgehead atoms. The van der Waals surface area contributed by atoms with Crippen LogP contribution < -0.4 is 0 Å². The Bertz CT molecular complexity index is 526. The fraction of sp³-hybridized carbons (Fsp3) is 0.429. The van der Waals surface area contributed by atoms with Crippen LogP contribution in [0.1, 0.15) is 25.7 Å². The molecular weight excluding hydrogens is 242 g/mol. The highest BCUT2D eigenvalue weighted by Crippen LogP contribution is 2.42. The first-order chi connectivity index (χ1) is 8.86. The highest BCUT2D eigenvalue weighted by Gasteiger charge is 2.26. The van der Waals surface area contributed by atoms with Crippen LogP contribution in [0.5, 0.6) is 0 Å². The lowest BCUT2D eigenvalue weighted by Gasteiger charge is -2.06. The van der Waals surface area contributed by atoms with Crippen molar-refractivity contribution in [2.75, 3.05) is 0 Å². The highest BCUT2D eigenvalue weighted by atomic mass is 32.2. The summed E-state index contributed by atoms with van der Waals surface area (Å²) in [4.78, 5) is 5.40. The maximum atomic E-state index is 9.27. The van der Waals surface area contributed by atoms with Crippen LogP contribution >= 0.6 is 11.8 Å². The number of aromatic nitrogens is 2. The summed E-state index contributed by atoms with van der Waals surface area (Å²) in [6.45, 7) is 0.780. The summed E-state index contributed by atoms with van der Waals surface area (Å²) in [5, 5.41) is 9.25. The average molecular weight is 257 g/mol. The topological polar surface area (TPSA) is 41.6 Å². The second-order valence-electron chi connectivity index (χ2n) is 4.76. The van der Waals surface area contributed by atoms with E-state index in [0.717, 1.165) is 6.54 Å². The Balaban J connectivity index is 1.84. The Kier molecular flexibility index (Phi) is 3.24. The quantitative estimate of drug-likeness (QED) is 0.816. The van der Waals surface area contributed by atoms with Gasteiger partial charge in [0, 0.05) is 23.8 Å². The molecule has 1 aliphatic carbocycles. The standard InChI is InChI=1S/C14H15N3S/c15-8-14-12(9-17-6-5-16-10-17)7-13(18-14)11-3-1-2-4-11/h5-7,10,14H,1-4,9H2. The molecule has 1 saturated carbocycles. The highest BCUT2D eigenvalue weighted by molar-refractivity contribution is 8.04. The smallest absolute Gasteiger partial charge is 0.119 e. The van der Waals surface area contributed by atoms with Gasteiger partial charge in [0.25, 0.3) is 0 Å². The van der Waals surface area contributed by atoms with Crippen molar-refractivity contribution in [3.63, 3.8) is 0 Å². The van der Waals surface area contributed by atoms with E-state index >= 15 is 0 Å². The number of thioether (sulfide) groups is 1. The maximum absolute atomic E-state index is 9.27. The van der Waals surface area contributed by atoms with Crippen LogP contribution in [0.3, 0.4) is 0 Å². The van der Waals surface area contributed by atoms with Crippen molar-refractivity contribution in [3.05, 3.63) is 40.8 Å². The zero-order valence-electron chi connectivity index (χ0n) is 10.2. The lowest BCUT2D eigenvalue weighted by molar-refractivity contribution is 0.774. The normalized spacial score (nSPS) is 23.3. The van der Waals surface area contributed by atoms with Gasteiger partial charge in [-0.2, -0.15) is 5.26 Å². The molecule has 0 saturated heterocycles. The molecule has 4 heteroatoms. The van der Waals surface area contributed by atoms with Gasteiger partial charge in [0.05, 0.1) is 12.4 Å². The molecule has 0 N–H and O–H groups in total. The summed E-state index contributed by atoms with van der Waals surface area (Å²) in [7, 11) is 0. The van der Waals surface area contributed by atoms with Crippen LogP contribution in [0.2, 0.25) is 0 Å². The molecule has 1 fully saturated rings. The van der Waals surface area contributed by atoms with Gasteiger partial charge >= 0.3 is 0 Å². The third kappa shape index (κ3) is 2.23. The monoisotopic (exact) mass is 257 g/mol. The van der Waals surface area contributed by atoms with Gasteiger partial charge in [0.1, 0.15) is 5.25 Å². The molecule has 1 aliphatic heterocycles. The first-order valence-electron chi connectivity index (χ1n) is 6.31. The van der Waals surface area contributed by atoms with Crippen molar-refractivity contribution < 1.29 is 0 Å². The van der Waals surface area contributed by atoms with Gasteiger partial charge in [-0.25, -0.2) is 4.98 Å². The van der Waals surface area contributed by atoms with E-state index in [4.69, 9.17) is 0 Å². The van der Waals surface area contributed by atoms with Crippen LogP contribution in [0.15, 0.2) is 40.8 Å². The Labute approximate surface area is 111 Å². The second kappa shape index (κ2) is 5.03. The van der Waals surface area contributed by atoms with E-state index in [-0.39, 0.29) is 5.25 Å². The second-order valence-corrected chi connectivity index (χ2v) is 5.90. The Morgan fingerprint density at radius 2 is 2.28 bits per heavy atom. The lowest BCUT2D eigenvalue weighted by atomic mass is 10.1. The SMILES string of the molecule is N#CC1SC(=C2CCCC2)C=C1Cn1ccnc1. The third-order valence-electron chi connectivity index (χ3n) is 3.50. The first kappa shape index (κ1) is 11.6. The van der Waals surface area contributed by atoms with Crippen molar-refractivity contribution in [2.24, 2.45) is 0 Å². The van der Waals surface area contributed by atoms with Crippen molar-refractivity contribution in [3.8, 4) is 6.07 Å². The Morgan fingerprint density at radius 3 is 2.94 bits per heavy atom. The zero-order valence-corrected chi connectivity index (χ0v) is 11.0. The summed E-state index contributed by atoms with van der Waals surface area (Å²) in [5.41, 5.74) is 2.76. The van der Waals surface area contributed by atoms with Crippen LogP contribution in [-0.2, 0) is 6.54 Å². The number of hydrogen-bond donors (Lipinski definition) is 0. The van der Waals surface area contributed by atoms with Crippen LogP contribution in [0.4, 0.5) is 0 Å². The Morgan fingerprint density at radius 1 is 1.44 bits per heavy atom. The van der Waals surface area contributed by atoms with Gasteiger partial charge in [-0.05, 0) is 37.3 Å². The molecule has 3 nitrogen and oxygen atoms in total. The lowest BCUT2D eigenvalue weighted by Crippen LogP contribution is -2.06. The van der Waals surface area contributed by atoms with Gasteiger partial charge in [0.2, 0.25) is 0 Å². The molecule has 2 heterocycles. The summed E-state index contributed by atoms with van der Waals surface area (Å²) < 4.78 is 2.03. The molecule has 0 radical (unpaired) electrons. The molecule has 1 atom stereocenters. The van der Waals surface area contributed by atoms with Gasteiger partial charge in [0.15, 0.2) is 0 Å². The molecule has 2 aliphatic rings. The van der Waals surface area contributed by atoms with Crippen molar-refractivity contribution in [1.29, 1.82) is 5.26 Å². The molecule has 0 spiro atoms.